The molecule has 1 N–H and O–H groups in total. The number of aromatic nitrogens is 2. The standard InChI is InChI=1S/C28H26FN3O3S/c1-16(2)30-26(34)20-7-10-23-24(14-20)31-28(36-15-25(33)19-5-8-21(29)9-6-19)32(27(23)35)22-12-17(3)11-18(4)13-22/h5-14,16H,15H2,1-4H3,(H,30,34). The minimum atomic E-state index is -0.420. The van der Waals surface area contributed by atoms with Crippen molar-refractivity contribution in [3.05, 3.63) is 99.1 Å². The highest BCUT2D eigenvalue weighted by atomic mass is 32.2. The van der Waals surface area contributed by atoms with Gasteiger partial charge in [0.2, 0.25) is 0 Å². The van der Waals surface area contributed by atoms with Crippen LogP contribution in [0.4, 0.5) is 4.39 Å². The zero-order valence-electron chi connectivity index (χ0n) is 20.5. The molecule has 0 aliphatic rings. The summed E-state index contributed by atoms with van der Waals surface area (Å²) in [5, 5.41) is 3.53. The molecule has 8 heteroatoms. The Balaban J connectivity index is 1.81. The number of amides is 1. The van der Waals surface area contributed by atoms with Gasteiger partial charge in [0.15, 0.2) is 10.9 Å². The molecule has 0 saturated carbocycles. The third kappa shape index (κ3) is 5.54. The number of hydrogen-bond acceptors (Lipinski definition) is 5. The Kier molecular flexibility index (Phi) is 7.35. The Morgan fingerprint density at radius 1 is 0.972 bits per heavy atom. The largest absolute Gasteiger partial charge is 0.350 e. The van der Waals surface area contributed by atoms with Crippen molar-refractivity contribution < 1.29 is 14.0 Å². The van der Waals surface area contributed by atoms with Gasteiger partial charge in [-0.2, -0.15) is 0 Å². The van der Waals surface area contributed by atoms with Crippen molar-refractivity contribution in [2.24, 2.45) is 0 Å². The highest BCUT2D eigenvalue weighted by Crippen LogP contribution is 2.24. The number of carbonyl (C=O) groups is 2. The van der Waals surface area contributed by atoms with Crippen molar-refractivity contribution in [2.45, 2.75) is 38.9 Å². The number of hydrogen-bond donors (Lipinski definition) is 1. The SMILES string of the molecule is Cc1cc(C)cc(-n2c(SCC(=O)c3ccc(F)cc3)nc3cc(C(=O)NC(C)C)ccc3c2=O)c1. The number of carbonyl (C=O) groups excluding carboxylic acids is 2. The van der Waals surface area contributed by atoms with Gasteiger partial charge in [-0.05, 0) is 93.4 Å². The number of nitrogens with zero attached hydrogens (tertiary/aromatic N) is 2. The molecule has 6 nitrogen and oxygen atoms in total. The molecular weight excluding hydrogens is 477 g/mol. The van der Waals surface area contributed by atoms with Gasteiger partial charge >= 0.3 is 0 Å². The van der Waals surface area contributed by atoms with Crippen molar-refractivity contribution in [1.82, 2.24) is 14.9 Å². The van der Waals surface area contributed by atoms with Crippen LogP contribution in [0, 0.1) is 19.7 Å². The van der Waals surface area contributed by atoms with Gasteiger partial charge in [-0.3, -0.25) is 19.0 Å². The van der Waals surface area contributed by atoms with Crippen LogP contribution in [0.25, 0.3) is 16.6 Å². The molecule has 3 aromatic carbocycles. The number of halogens is 1. The summed E-state index contributed by atoms with van der Waals surface area (Å²) in [6.45, 7) is 7.63. The first-order valence-corrected chi connectivity index (χ1v) is 12.5. The molecule has 1 amide bonds. The van der Waals surface area contributed by atoms with Crippen molar-refractivity contribution in [3.63, 3.8) is 0 Å². The molecule has 4 rings (SSSR count). The van der Waals surface area contributed by atoms with Crippen molar-refractivity contribution in [2.75, 3.05) is 5.75 Å². The molecule has 184 valence electrons. The van der Waals surface area contributed by atoms with Crippen molar-refractivity contribution >= 4 is 34.4 Å². The maximum Gasteiger partial charge on any atom is 0.266 e. The first-order valence-electron chi connectivity index (χ1n) is 11.5. The Morgan fingerprint density at radius 3 is 2.25 bits per heavy atom. The van der Waals surface area contributed by atoms with Gasteiger partial charge in [-0.1, -0.05) is 17.8 Å². The Bertz CT molecular complexity index is 1510. The first-order chi connectivity index (χ1) is 17.1. The number of benzene rings is 3. The van der Waals surface area contributed by atoms with Crippen LogP contribution in [0.2, 0.25) is 0 Å². The summed E-state index contributed by atoms with van der Waals surface area (Å²) in [4.78, 5) is 43.7. The summed E-state index contributed by atoms with van der Waals surface area (Å²) in [6, 6.07) is 15.9. The zero-order chi connectivity index (χ0) is 26.0. The first kappa shape index (κ1) is 25.3. The monoisotopic (exact) mass is 503 g/mol. The lowest BCUT2D eigenvalue weighted by atomic mass is 10.1. The quantitative estimate of drug-likeness (QED) is 0.212. The second-order valence-electron chi connectivity index (χ2n) is 8.96. The maximum absolute atomic E-state index is 13.7. The van der Waals surface area contributed by atoms with Gasteiger partial charge in [0.25, 0.3) is 11.5 Å². The average Bonchev–Trinajstić information content (AvgIpc) is 2.81. The van der Waals surface area contributed by atoms with Crippen LogP contribution in [0.15, 0.2) is 70.6 Å². The fourth-order valence-corrected chi connectivity index (χ4v) is 4.81. The van der Waals surface area contributed by atoms with E-state index in [1.54, 1.807) is 18.2 Å². The van der Waals surface area contributed by atoms with E-state index in [0.717, 1.165) is 22.9 Å². The Hall–Kier alpha value is -3.78. The fourth-order valence-electron chi connectivity index (χ4n) is 3.91. The number of fused-ring (bicyclic) bond motifs is 1. The van der Waals surface area contributed by atoms with E-state index in [1.165, 1.54) is 28.8 Å². The van der Waals surface area contributed by atoms with Crippen LogP contribution in [-0.2, 0) is 0 Å². The van der Waals surface area contributed by atoms with E-state index >= 15 is 0 Å². The van der Waals surface area contributed by atoms with Crippen molar-refractivity contribution in [1.29, 1.82) is 0 Å². The number of nitrogens with one attached hydrogen (secondary N) is 1. The van der Waals surface area contributed by atoms with Crippen LogP contribution in [0.3, 0.4) is 0 Å². The second-order valence-corrected chi connectivity index (χ2v) is 9.90. The normalized spacial score (nSPS) is 11.2. The van der Waals surface area contributed by atoms with Gasteiger partial charge in [0.1, 0.15) is 5.82 Å². The third-order valence-corrected chi connectivity index (χ3v) is 6.42. The lowest BCUT2D eigenvalue weighted by Crippen LogP contribution is -2.30. The molecule has 0 spiro atoms. The molecule has 0 fully saturated rings. The fraction of sp³-hybridized carbons (Fsp3) is 0.214. The zero-order valence-corrected chi connectivity index (χ0v) is 21.3. The van der Waals surface area contributed by atoms with E-state index in [1.807, 2.05) is 45.9 Å². The number of rotatable bonds is 7. The summed E-state index contributed by atoms with van der Waals surface area (Å²) in [5.74, 6) is -0.891. The highest BCUT2D eigenvalue weighted by Gasteiger charge is 2.18. The summed E-state index contributed by atoms with van der Waals surface area (Å²) in [6.07, 6.45) is 0. The number of Topliss-reactive ketones (excluding diaryl/α,β-unsaturated/α-hetero) is 1. The molecule has 4 aromatic rings. The molecule has 0 aliphatic carbocycles. The Labute approximate surface area is 212 Å². The van der Waals surface area contributed by atoms with E-state index < -0.39 is 5.82 Å². The smallest absolute Gasteiger partial charge is 0.266 e. The maximum atomic E-state index is 13.7. The van der Waals surface area contributed by atoms with Crippen LogP contribution in [0.5, 0.6) is 0 Å². The van der Waals surface area contributed by atoms with E-state index in [-0.39, 0.29) is 29.0 Å². The van der Waals surface area contributed by atoms with E-state index in [4.69, 9.17) is 4.98 Å². The third-order valence-electron chi connectivity index (χ3n) is 5.48. The van der Waals surface area contributed by atoms with Gasteiger partial charge in [0, 0.05) is 17.2 Å². The predicted octanol–water partition coefficient (Wildman–Crippen LogP) is 5.25. The van der Waals surface area contributed by atoms with E-state index in [2.05, 4.69) is 5.32 Å². The molecular formula is C28H26FN3O3S. The second kappa shape index (κ2) is 10.5. The van der Waals surface area contributed by atoms with Crippen molar-refractivity contribution in [3.8, 4) is 5.69 Å². The molecule has 0 bridgehead atoms. The topological polar surface area (TPSA) is 81.1 Å². The average molecular weight is 504 g/mol. The predicted molar refractivity (Wildman–Crippen MR) is 141 cm³/mol. The molecule has 0 saturated heterocycles. The minimum Gasteiger partial charge on any atom is -0.350 e. The van der Waals surface area contributed by atoms with Crippen LogP contribution in [-0.4, -0.2) is 33.0 Å². The molecule has 0 atom stereocenters. The number of aryl methyl sites for hydroxylation is 2. The van der Waals surface area contributed by atoms with Gasteiger partial charge < -0.3 is 5.32 Å². The van der Waals surface area contributed by atoms with E-state index in [0.29, 0.717) is 32.9 Å². The molecule has 0 unspecified atom stereocenters. The molecule has 0 radical (unpaired) electrons. The lowest BCUT2D eigenvalue weighted by molar-refractivity contribution is 0.0942. The lowest BCUT2D eigenvalue weighted by Gasteiger charge is -2.15. The summed E-state index contributed by atoms with van der Waals surface area (Å²) >= 11 is 1.12. The van der Waals surface area contributed by atoms with Gasteiger partial charge in [-0.15, -0.1) is 0 Å². The van der Waals surface area contributed by atoms with Gasteiger partial charge in [0.05, 0.1) is 22.3 Å². The summed E-state index contributed by atoms with van der Waals surface area (Å²) in [5.41, 5.74) is 3.45. The summed E-state index contributed by atoms with van der Waals surface area (Å²) in [7, 11) is 0. The van der Waals surface area contributed by atoms with Crippen LogP contribution < -0.4 is 10.9 Å². The Morgan fingerprint density at radius 2 is 1.61 bits per heavy atom. The van der Waals surface area contributed by atoms with E-state index in [9.17, 15) is 18.8 Å². The molecule has 0 aliphatic heterocycles. The van der Waals surface area contributed by atoms with Crippen LogP contribution in [0.1, 0.15) is 45.7 Å². The molecule has 1 heterocycles. The molecule has 1 aromatic heterocycles. The summed E-state index contributed by atoms with van der Waals surface area (Å²) < 4.78 is 14.8. The van der Waals surface area contributed by atoms with Gasteiger partial charge in [-0.25, -0.2) is 9.37 Å². The highest BCUT2D eigenvalue weighted by molar-refractivity contribution is 7.99. The number of ketones is 1. The molecule has 36 heavy (non-hydrogen) atoms. The number of thioether (sulfide) groups is 1. The minimum absolute atomic E-state index is 0.00189. The van der Waals surface area contributed by atoms with Crippen LogP contribution >= 0.6 is 11.8 Å².